The molecular formula is C17H19N7O. The van der Waals surface area contributed by atoms with Crippen molar-refractivity contribution in [2.45, 2.75) is 38.5 Å². The summed E-state index contributed by atoms with van der Waals surface area (Å²) >= 11 is 0. The van der Waals surface area contributed by atoms with Gasteiger partial charge >= 0.3 is 0 Å². The number of carbonyl (C=O) groups is 1. The third-order valence-corrected chi connectivity index (χ3v) is 5.07. The Morgan fingerprint density at radius 2 is 2.00 bits per heavy atom. The molecule has 2 aromatic heterocycles. The van der Waals surface area contributed by atoms with Crippen LogP contribution in [0, 0.1) is 13.8 Å². The molecule has 4 rings (SSSR count). The van der Waals surface area contributed by atoms with Crippen LogP contribution in [-0.2, 0) is 10.2 Å². The number of aryl methyl sites for hydroxylation is 1. The lowest BCUT2D eigenvalue weighted by molar-refractivity contribution is -0.124. The molecule has 1 saturated carbocycles. The van der Waals surface area contributed by atoms with Gasteiger partial charge in [-0.25, -0.2) is 4.98 Å². The van der Waals surface area contributed by atoms with Crippen molar-refractivity contribution < 1.29 is 4.79 Å². The molecule has 25 heavy (non-hydrogen) atoms. The van der Waals surface area contributed by atoms with Crippen LogP contribution in [-0.4, -0.2) is 36.1 Å². The van der Waals surface area contributed by atoms with Crippen LogP contribution in [0.1, 0.15) is 36.5 Å². The molecule has 2 N–H and O–H groups in total. The molecule has 8 heteroatoms. The van der Waals surface area contributed by atoms with E-state index in [0.717, 1.165) is 42.0 Å². The molecule has 3 aromatic rings. The van der Waals surface area contributed by atoms with E-state index in [1.165, 1.54) is 0 Å². The normalized spacial score (nSPS) is 15.6. The Morgan fingerprint density at radius 1 is 1.24 bits per heavy atom. The van der Waals surface area contributed by atoms with Crippen LogP contribution in [0.25, 0.3) is 5.69 Å². The lowest BCUT2D eigenvalue weighted by atomic mass is 9.67. The number of hydrogen-bond acceptors (Lipinski definition) is 5. The van der Waals surface area contributed by atoms with Gasteiger partial charge in [0.2, 0.25) is 5.91 Å². The summed E-state index contributed by atoms with van der Waals surface area (Å²) in [7, 11) is 0. The number of tetrazole rings is 1. The topological polar surface area (TPSA) is 101 Å². The van der Waals surface area contributed by atoms with Crippen molar-refractivity contribution in [3.8, 4) is 5.69 Å². The molecule has 1 aliphatic rings. The van der Waals surface area contributed by atoms with Crippen molar-refractivity contribution in [3.05, 3.63) is 47.8 Å². The number of H-pyrrole nitrogens is 1. The smallest absolute Gasteiger partial charge is 0.238 e. The molecule has 128 valence electrons. The molecule has 0 saturated heterocycles. The number of aromatic amines is 1. The Labute approximate surface area is 144 Å². The Hall–Kier alpha value is -3.03. The Bertz CT molecular complexity index is 892. The lowest BCUT2D eigenvalue weighted by Crippen LogP contribution is -2.46. The van der Waals surface area contributed by atoms with E-state index in [1.807, 2.05) is 42.7 Å². The SMILES string of the molecule is Cc1ncn(-c2ccc(NC(=O)C3(c4nn[nH]n4)CCC3)cc2)c1C. The number of anilines is 1. The molecule has 0 atom stereocenters. The maximum atomic E-state index is 12.8. The number of nitrogens with zero attached hydrogens (tertiary/aromatic N) is 5. The molecule has 1 aromatic carbocycles. The monoisotopic (exact) mass is 337 g/mol. The minimum absolute atomic E-state index is 0.0810. The summed E-state index contributed by atoms with van der Waals surface area (Å²) in [6, 6.07) is 7.71. The first kappa shape index (κ1) is 15.5. The molecule has 0 spiro atoms. The zero-order valence-corrected chi connectivity index (χ0v) is 14.2. The number of imidazole rings is 1. The highest BCUT2D eigenvalue weighted by molar-refractivity contribution is 5.99. The molecule has 1 amide bonds. The van der Waals surface area contributed by atoms with E-state index in [1.54, 1.807) is 6.33 Å². The fraction of sp³-hybridized carbons (Fsp3) is 0.353. The number of hydrogen-bond donors (Lipinski definition) is 2. The summed E-state index contributed by atoms with van der Waals surface area (Å²) < 4.78 is 2.02. The van der Waals surface area contributed by atoms with Gasteiger partial charge in [0, 0.05) is 17.1 Å². The average molecular weight is 337 g/mol. The fourth-order valence-corrected chi connectivity index (χ4v) is 3.16. The highest BCUT2D eigenvalue weighted by atomic mass is 16.2. The van der Waals surface area contributed by atoms with E-state index in [9.17, 15) is 4.79 Å². The van der Waals surface area contributed by atoms with E-state index in [4.69, 9.17) is 0 Å². The van der Waals surface area contributed by atoms with Crippen LogP contribution in [0.3, 0.4) is 0 Å². The van der Waals surface area contributed by atoms with Crippen LogP contribution < -0.4 is 5.32 Å². The quantitative estimate of drug-likeness (QED) is 0.759. The summed E-state index contributed by atoms with van der Waals surface area (Å²) in [5.41, 5.74) is 3.20. The van der Waals surface area contributed by atoms with Crippen LogP contribution >= 0.6 is 0 Å². The lowest BCUT2D eigenvalue weighted by Gasteiger charge is -2.37. The van der Waals surface area contributed by atoms with Crippen molar-refractivity contribution in [1.29, 1.82) is 0 Å². The summed E-state index contributed by atoms with van der Waals surface area (Å²) in [5, 5.41) is 17.1. The molecule has 0 radical (unpaired) electrons. The fourth-order valence-electron chi connectivity index (χ4n) is 3.16. The Balaban J connectivity index is 1.53. The van der Waals surface area contributed by atoms with Gasteiger partial charge in [0.15, 0.2) is 5.82 Å². The van der Waals surface area contributed by atoms with Gasteiger partial charge < -0.3 is 9.88 Å². The molecule has 1 fully saturated rings. The molecule has 8 nitrogen and oxygen atoms in total. The van der Waals surface area contributed by atoms with Crippen LogP contribution in [0.4, 0.5) is 5.69 Å². The summed E-state index contributed by atoms with van der Waals surface area (Å²) in [4.78, 5) is 17.1. The van der Waals surface area contributed by atoms with Gasteiger partial charge in [0.05, 0.1) is 12.0 Å². The van der Waals surface area contributed by atoms with Crippen molar-refractivity contribution >= 4 is 11.6 Å². The van der Waals surface area contributed by atoms with Gasteiger partial charge in [-0.2, -0.15) is 5.21 Å². The Morgan fingerprint density at radius 3 is 2.52 bits per heavy atom. The molecule has 2 heterocycles. The molecule has 1 aliphatic carbocycles. The first-order valence-electron chi connectivity index (χ1n) is 8.26. The van der Waals surface area contributed by atoms with Gasteiger partial charge in [-0.1, -0.05) is 11.6 Å². The number of amides is 1. The predicted octanol–water partition coefficient (Wildman–Crippen LogP) is 2.06. The van der Waals surface area contributed by atoms with Crippen molar-refractivity contribution in [3.63, 3.8) is 0 Å². The maximum Gasteiger partial charge on any atom is 0.238 e. The third kappa shape index (κ3) is 2.50. The van der Waals surface area contributed by atoms with Gasteiger partial charge in [0.1, 0.15) is 5.41 Å². The third-order valence-electron chi connectivity index (χ3n) is 5.07. The highest BCUT2D eigenvalue weighted by Gasteiger charge is 2.49. The number of benzene rings is 1. The number of aromatic nitrogens is 6. The highest BCUT2D eigenvalue weighted by Crippen LogP contribution is 2.42. The van der Waals surface area contributed by atoms with Gasteiger partial charge in [0.25, 0.3) is 0 Å². The molecule has 0 bridgehead atoms. The van der Waals surface area contributed by atoms with Crippen molar-refractivity contribution in [2.24, 2.45) is 0 Å². The number of nitrogens with one attached hydrogen (secondary N) is 2. The van der Waals surface area contributed by atoms with E-state index < -0.39 is 5.41 Å². The zero-order chi connectivity index (χ0) is 17.4. The second kappa shape index (κ2) is 5.80. The van der Waals surface area contributed by atoms with E-state index >= 15 is 0 Å². The summed E-state index contributed by atoms with van der Waals surface area (Å²) in [5.74, 6) is 0.389. The van der Waals surface area contributed by atoms with Crippen molar-refractivity contribution in [2.75, 3.05) is 5.32 Å². The van der Waals surface area contributed by atoms with E-state index in [2.05, 4.69) is 30.9 Å². The van der Waals surface area contributed by atoms with Crippen molar-refractivity contribution in [1.82, 2.24) is 30.2 Å². The van der Waals surface area contributed by atoms with Gasteiger partial charge in [-0.05, 0) is 51.0 Å². The molecule has 0 unspecified atom stereocenters. The van der Waals surface area contributed by atoms with E-state index in [0.29, 0.717) is 5.82 Å². The van der Waals surface area contributed by atoms with E-state index in [-0.39, 0.29) is 5.91 Å². The average Bonchev–Trinajstić information content (AvgIpc) is 3.19. The largest absolute Gasteiger partial charge is 0.325 e. The summed E-state index contributed by atoms with van der Waals surface area (Å²) in [6.07, 6.45) is 4.27. The standard InChI is InChI=1S/C17H19N7O/c1-11-12(2)24(10-18-11)14-6-4-13(5-7-14)19-16(25)17(8-3-9-17)15-20-22-23-21-15/h4-7,10H,3,8-9H2,1-2H3,(H,19,25)(H,20,21,22,23). The number of carbonyl (C=O) groups excluding carboxylic acids is 1. The minimum atomic E-state index is -0.663. The molecule has 0 aliphatic heterocycles. The predicted molar refractivity (Wildman–Crippen MR) is 91.4 cm³/mol. The first-order chi connectivity index (χ1) is 12.1. The molecular weight excluding hydrogens is 318 g/mol. The second-order valence-corrected chi connectivity index (χ2v) is 6.46. The summed E-state index contributed by atoms with van der Waals surface area (Å²) in [6.45, 7) is 4.01. The minimum Gasteiger partial charge on any atom is -0.325 e. The zero-order valence-electron chi connectivity index (χ0n) is 14.2. The van der Waals surface area contributed by atoms with Gasteiger partial charge in [-0.15, -0.1) is 10.2 Å². The van der Waals surface area contributed by atoms with Crippen LogP contribution in [0.15, 0.2) is 30.6 Å². The number of rotatable bonds is 4. The van der Waals surface area contributed by atoms with Gasteiger partial charge in [-0.3, -0.25) is 4.79 Å². The van der Waals surface area contributed by atoms with Crippen LogP contribution in [0.5, 0.6) is 0 Å². The second-order valence-electron chi connectivity index (χ2n) is 6.46. The Kier molecular flexibility index (Phi) is 3.60. The first-order valence-corrected chi connectivity index (χ1v) is 8.26. The maximum absolute atomic E-state index is 12.8. The van der Waals surface area contributed by atoms with Crippen LogP contribution in [0.2, 0.25) is 0 Å².